The number of benzene rings is 4. The van der Waals surface area contributed by atoms with Crippen LogP contribution in [0, 0.1) is 20.2 Å². The van der Waals surface area contributed by atoms with Crippen LogP contribution in [0.15, 0.2) is 105 Å². The number of hydrogen-bond acceptors (Lipinski definition) is 16. The van der Waals surface area contributed by atoms with Crippen molar-refractivity contribution in [3.8, 4) is 11.5 Å². The molecule has 66 heavy (non-hydrogen) atoms. The average molecular weight is 1020 g/mol. The lowest BCUT2D eigenvalue weighted by atomic mass is 10.1. The molecule has 2 saturated heterocycles. The van der Waals surface area contributed by atoms with Crippen molar-refractivity contribution in [3.05, 3.63) is 148 Å². The number of sulfonamides is 2. The van der Waals surface area contributed by atoms with Gasteiger partial charge in [0, 0.05) is 122 Å². The van der Waals surface area contributed by atoms with Gasteiger partial charge in [-0.25, -0.2) is 26.8 Å². The fraction of sp³-hybridized carbons (Fsp3) is 0.286. The summed E-state index contributed by atoms with van der Waals surface area (Å²) in [4.78, 5) is 34.2. The van der Waals surface area contributed by atoms with E-state index in [1.807, 2.05) is 35.0 Å². The van der Waals surface area contributed by atoms with Gasteiger partial charge in [0.2, 0.25) is 20.0 Å². The van der Waals surface area contributed by atoms with Gasteiger partial charge >= 0.3 is 0 Å². The van der Waals surface area contributed by atoms with Gasteiger partial charge in [-0.3, -0.25) is 20.2 Å². The summed E-state index contributed by atoms with van der Waals surface area (Å²) < 4.78 is 65.1. The number of ether oxygens (including phenoxy) is 2. The Morgan fingerprint density at radius 3 is 1.45 bits per heavy atom. The summed E-state index contributed by atoms with van der Waals surface area (Å²) in [6.07, 6.45) is 1.19. The van der Waals surface area contributed by atoms with Gasteiger partial charge in [-0.2, -0.15) is 8.61 Å². The Kier molecular flexibility index (Phi) is 15.4. The Morgan fingerprint density at radius 1 is 0.606 bits per heavy atom. The molecule has 0 N–H and O–H groups in total. The summed E-state index contributed by atoms with van der Waals surface area (Å²) in [5.41, 5.74) is 3.44. The molecule has 4 aromatic carbocycles. The first-order chi connectivity index (χ1) is 31.5. The molecule has 0 unspecified atom stereocenters. The SMILES string of the molecule is COc1ccc(Cc2csc(N3CCN(S(=O)(=O)c4ccc([N+](=O)[O-])cc4)CC3)n2)c(OC)c1.O=[N+]([O-])c1ccc(S(=O)(=O)N2CCN(c3nc(Cc4ccc(Cl)cc4Cl)cs3)CC2)cc1. The lowest BCUT2D eigenvalue weighted by Gasteiger charge is -2.33. The van der Waals surface area contributed by atoms with E-state index in [9.17, 15) is 37.1 Å². The highest BCUT2D eigenvalue weighted by Gasteiger charge is 2.31. The minimum Gasteiger partial charge on any atom is -0.497 e. The van der Waals surface area contributed by atoms with E-state index < -0.39 is 29.9 Å². The zero-order valence-corrected chi connectivity index (χ0v) is 40.1. The number of nitrogens with zero attached hydrogens (tertiary/aromatic N) is 8. The third-order valence-electron chi connectivity index (χ3n) is 10.7. The lowest BCUT2D eigenvalue weighted by molar-refractivity contribution is -0.385. The molecule has 0 atom stereocenters. The van der Waals surface area contributed by atoms with Crippen LogP contribution in [0.5, 0.6) is 11.5 Å². The topological polar surface area (TPSA) is 212 Å². The second-order valence-electron chi connectivity index (χ2n) is 14.8. The van der Waals surface area contributed by atoms with Gasteiger partial charge in [0.1, 0.15) is 11.5 Å². The van der Waals surface area contributed by atoms with Crippen molar-refractivity contribution in [1.29, 1.82) is 0 Å². The summed E-state index contributed by atoms with van der Waals surface area (Å²) in [5, 5.41) is 28.4. The van der Waals surface area contributed by atoms with Gasteiger partial charge in [0.05, 0.1) is 45.2 Å². The van der Waals surface area contributed by atoms with Crippen molar-refractivity contribution in [3.63, 3.8) is 0 Å². The van der Waals surface area contributed by atoms with Crippen LogP contribution in [0.3, 0.4) is 0 Å². The smallest absolute Gasteiger partial charge is 0.269 e. The molecule has 2 aromatic heterocycles. The molecule has 0 saturated carbocycles. The monoisotopic (exact) mass is 1020 g/mol. The van der Waals surface area contributed by atoms with E-state index >= 15 is 0 Å². The molecule has 0 bridgehead atoms. The molecule has 0 spiro atoms. The van der Waals surface area contributed by atoms with E-state index in [0.717, 1.165) is 44.3 Å². The summed E-state index contributed by atoms with van der Waals surface area (Å²) in [6, 6.07) is 21.0. The minimum absolute atomic E-state index is 0.0490. The predicted octanol–water partition coefficient (Wildman–Crippen LogP) is 7.63. The standard InChI is InChI=1S/C22H24N4O6S2.C20H18Cl2N4O4S2/c1-31-19-6-3-16(21(14-19)32-2)13-17-15-33-22(23-17)24-9-11-25(12-10-24)34(29,30)20-7-4-18(5-8-20)26(27)28;21-15-2-1-14(19(22)12-15)11-16-13-31-20(23-16)24-7-9-25(10-8-24)32(29,30)18-5-3-17(4-6-18)26(27)28/h3-8,14-15H,9-13H2,1-2H3;1-6,12-13H,7-11H2. The molecular formula is C42H42Cl2N8O10S4. The van der Waals surface area contributed by atoms with Crippen molar-refractivity contribution >= 4 is 87.6 Å². The Hall–Kier alpha value is -5.46. The number of piperazine rings is 2. The molecule has 18 nitrogen and oxygen atoms in total. The van der Waals surface area contributed by atoms with Crippen molar-refractivity contribution in [1.82, 2.24) is 18.6 Å². The van der Waals surface area contributed by atoms with E-state index in [0.29, 0.717) is 75.2 Å². The Labute approximate surface area is 399 Å². The third-order valence-corrected chi connectivity index (χ3v) is 17.0. The highest BCUT2D eigenvalue weighted by atomic mass is 35.5. The molecule has 24 heteroatoms. The number of nitro benzene ring substituents is 2. The Bertz CT molecular complexity index is 2910. The van der Waals surface area contributed by atoms with Crippen LogP contribution in [-0.4, -0.2) is 112 Å². The molecule has 8 rings (SSSR count). The first-order valence-corrected chi connectivity index (χ1v) is 25.5. The summed E-state index contributed by atoms with van der Waals surface area (Å²) in [7, 11) is -4.20. The maximum Gasteiger partial charge on any atom is 0.269 e. The van der Waals surface area contributed by atoms with Gasteiger partial charge in [-0.15, -0.1) is 22.7 Å². The Balaban J connectivity index is 0.000000197. The van der Waals surface area contributed by atoms with Gasteiger partial charge < -0.3 is 19.3 Å². The maximum absolute atomic E-state index is 12.9. The molecule has 2 fully saturated rings. The predicted molar refractivity (Wildman–Crippen MR) is 254 cm³/mol. The highest BCUT2D eigenvalue weighted by molar-refractivity contribution is 7.89. The summed E-state index contributed by atoms with van der Waals surface area (Å²) in [5.74, 6) is 1.46. The molecule has 0 amide bonds. The van der Waals surface area contributed by atoms with Crippen molar-refractivity contribution in [2.75, 3.05) is 76.4 Å². The molecule has 4 heterocycles. The number of non-ortho nitro benzene ring substituents is 2. The molecule has 0 aliphatic carbocycles. The zero-order chi connectivity index (χ0) is 47.2. The fourth-order valence-electron chi connectivity index (χ4n) is 7.12. The second kappa shape index (κ2) is 21.0. The van der Waals surface area contributed by atoms with E-state index in [2.05, 4.69) is 14.8 Å². The summed E-state index contributed by atoms with van der Waals surface area (Å²) >= 11 is 15.2. The van der Waals surface area contributed by atoms with Gasteiger partial charge in [-0.05, 0) is 48.0 Å². The van der Waals surface area contributed by atoms with Crippen LogP contribution in [0.2, 0.25) is 10.0 Å². The quantitative estimate of drug-likeness (QED) is 0.0759. The number of rotatable bonds is 14. The van der Waals surface area contributed by atoms with E-state index in [1.54, 1.807) is 26.4 Å². The fourth-order valence-corrected chi connectivity index (χ4v) is 12.2. The van der Waals surface area contributed by atoms with E-state index in [-0.39, 0.29) is 21.2 Å². The second-order valence-corrected chi connectivity index (χ2v) is 21.2. The number of anilines is 2. The van der Waals surface area contributed by atoms with E-state index in [4.69, 9.17) is 37.7 Å². The molecular weight excluding hydrogens is 976 g/mol. The minimum atomic E-state index is -3.72. The summed E-state index contributed by atoms with van der Waals surface area (Å²) in [6.45, 7) is 3.23. The number of aromatic nitrogens is 2. The molecule has 6 aromatic rings. The molecule has 0 radical (unpaired) electrons. The molecule has 2 aliphatic heterocycles. The number of methoxy groups -OCH3 is 2. The largest absolute Gasteiger partial charge is 0.497 e. The first-order valence-electron chi connectivity index (χ1n) is 20.1. The van der Waals surface area contributed by atoms with Gasteiger partial charge in [-0.1, -0.05) is 35.3 Å². The number of halogens is 2. The number of thiazole rings is 2. The number of hydrogen-bond donors (Lipinski definition) is 0. The maximum atomic E-state index is 12.9. The lowest BCUT2D eigenvalue weighted by Crippen LogP contribution is -2.48. The van der Waals surface area contributed by atoms with Crippen LogP contribution in [0.4, 0.5) is 21.6 Å². The average Bonchev–Trinajstić information content (AvgIpc) is 4.00. The zero-order valence-electron chi connectivity index (χ0n) is 35.4. The Morgan fingerprint density at radius 2 is 1.05 bits per heavy atom. The van der Waals surface area contributed by atoms with Gasteiger partial charge in [0.15, 0.2) is 10.3 Å². The van der Waals surface area contributed by atoms with Crippen molar-refractivity contribution in [2.45, 2.75) is 22.6 Å². The highest BCUT2D eigenvalue weighted by Crippen LogP contribution is 2.31. The third kappa shape index (κ3) is 11.4. The van der Waals surface area contributed by atoms with Crippen LogP contribution in [0.1, 0.15) is 22.5 Å². The molecule has 348 valence electrons. The normalized spacial score (nSPS) is 14.9. The number of nitro groups is 2. The first kappa shape index (κ1) is 48.5. The van der Waals surface area contributed by atoms with Crippen LogP contribution in [0.25, 0.3) is 0 Å². The van der Waals surface area contributed by atoms with Gasteiger partial charge in [0.25, 0.3) is 11.4 Å². The van der Waals surface area contributed by atoms with Crippen LogP contribution >= 0.6 is 45.9 Å². The van der Waals surface area contributed by atoms with Crippen LogP contribution in [-0.2, 0) is 32.9 Å². The van der Waals surface area contributed by atoms with Crippen molar-refractivity contribution in [2.24, 2.45) is 0 Å². The molecule has 2 aliphatic rings. The van der Waals surface area contributed by atoms with E-state index in [1.165, 1.54) is 79.8 Å². The van der Waals surface area contributed by atoms with Crippen LogP contribution < -0.4 is 19.3 Å². The van der Waals surface area contributed by atoms with Crippen molar-refractivity contribution < 1.29 is 36.2 Å².